The van der Waals surface area contributed by atoms with E-state index >= 15 is 0 Å². The van der Waals surface area contributed by atoms with E-state index in [1.165, 1.54) is 0 Å². The maximum Gasteiger partial charge on any atom is 0.441 e. The van der Waals surface area contributed by atoms with Gasteiger partial charge in [-0.1, -0.05) is 0 Å². The van der Waals surface area contributed by atoms with Gasteiger partial charge in [0.25, 0.3) is 0 Å². The molecule has 0 unspecified atom stereocenters. The number of hydrogen-bond acceptors (Lipinski definition) is 6. The van der Waals surface area contributed by atoms with Crippen LogP contribution in [-0.2, 0) is 27.2 Å². The van der Waals surface area contributed by atoms with Crippen molar-refractivity contribution in [2.45, 2.75) is 44.4 Å². The zero-order valence-corrected chi connectivity index (χ0v) is 14.4. The molecule has 1 aromatic heterocycles. The average Bonchev–Trinajstić information content (AvgIpc) is 2.88. The van der Waals surface area contributed by atoms with E-state index in [9.17, 15) is 28.0 Å². The molecule has 0 saturated carbocycles. The van der Waals surface area contributed by atoms with Crippen LogP contribution < -0.4 is 10.6 Å². The number of hydrogen-bond donors (Lipinski definition) is 2. The molecule has 0 radical (unpaired) electrons. The third-order valence-corrected chi connectivity index (χ3v) is 5.07. The molecule has 0 spiro atoms. The quantitative estimate of drug-likeness (QED) is 0.623. The van der Waals surface area contributed by atoms with Crippen molar-refractivity contribution in [2.24, 2.45) is 0 Å². The summed E-state index contributed by atoms with van der Waals surface area (Å²) in [5.74, 6) is -2.79. The molecule has 2 rings (SSSR count). The van der Waals surface area contributed by atoms with Crippen LogP contribution in [0.15, 0.2) is 0 Å². The molecule has 1 aliphatic carbocycles. The molecular formula is C15H16F3N3O3S. The predicted molar refractivity (Wildman–Crippen MR) is 83.9 cm³/mol. The molecule has 1 heterocycles. The van der Waals surface area contributed by atoms with Gasteiger partial charge in [0.15, 0.2) is 0 Å². The molecule has 1 amide bonds. The van der Waals surface area contributed by atoms with Gasteiger partial charge in [-0.2, -0.15) is 18.4 Å². The number of carbonyl (C=O) groups is 2. The summed E-state index contributed by atoms with van der Waals surface area (Å²) in [5, 5.41) is 12.9. The highest BCUT2D eigenvalue weighted by molar-refractivity contribution is 7.16. The standard InChI is InChI=1S/C15H16F3N3O3S/c1-8(22)20-14(13(23)24-2,15(16,17)18)21-12-10(7-19)9-5-3-4-6-11(9)25-12/h21H,3-6H2,1-2H3,(H,20,22)/t14-/m1/s1. The summed E-state index contributed by atoms with van der Waals surface area (Å²) >= 11 is 0.992. The number of thiophene rings is 1. The Hall–Kier alpha value is -2.28. The van der Waals surface area contributed by atoms with Gasteiger partial charge in [0.1, 0.15) is 11.1 Å². The van der Waals surface area contributed by atoms with Gasteiger partial charge < -0.3 is 15.4 Å². The maximum atomic E-state index is 13.7. The molecule has 10 heteroatoms. The Morgan fingerprint density at radius 1 is 1.28 bits per heavy atom. The highest BCUT2D eigenvalue weighted by atomic mass is 32.1. The van der Waals surface area contributed by atoms with E-state index in [2.05, 4.69) is 10.1 Å². The van der Waals surface area contributed by atoms with E-state index in [1.54, 1.807) is 5.32 Å². The number of anilines is 1. The molecule has 0 fully saturated rings. The zero-order chi connectivity index (χ0) is 18.8. The summed E-state index contributed by atoms with van der Waals surface area (Å²) in [6.07, 6.45) is -2.22. The average molecular weight is 375 g/mol. The minimum absolute atomic E-state index is 0.0718. The number of fused-ring (bicyclic) bond motifs is 1. The first-order valence-corrected chi connectivity index (χ1v) is 8.24. The SMILES string of the molecule is COC(=O)[C@@](NC(C)=O)(Nc1sc2c(c1C#N)CCCC2)C(F)(F)F. The van der Waals surface area contributed by atoms with Gasteiger partial charge in [-0.15, -0.1) is 11.3 Å². The lowest BCUT2D eigenvalue weighted by atomic mass is 9.96. The number of ether oxygens (including phenoxy) is 1. The summed E-state index contributed by atoms with van der Waals surface area (Å²) in [5.41, 5.74) is -2.69. The fourth-order valence-corrected chi connectivity index (χ4v) is 4.05. The van der Waals surface area contributed by atoms with E-state index in [0.717, 1.165) is 43.1 Å². The number of rotatable bonds is 4. The lowest BCUT2D eigenvalue weighted by Crippen LogP contribution is -2.69. The Balaban J connectivity index is 2.57. The van der Waals surface area contributed by atoms with Crippen molar-refractivity contribution in [2.75, 3.05) is 12.4 Å². The lowest BCUT2D eigenvalue weighted by Gasteiger charge is -2.34. The zero-order valence-electron chi connectivity index (χ0n) is 13.5. The van der Waals surface area contributed by atoms with Crippen molar-refractivity contribution in [1.82, 2.24) is 5.32 Å². The van der Waals surface area contributed by atoms with Crippen LogP contribution in [0.5, 0.6) is 0 Å². The summed E-state index contributed by atoms with van der Waals surface area (Å²) in [6.45, 7) is 0.857. The molecule has 6 nitrogen and oxygen atoms in total. The molecule has 1 aliphatic rings. The number of nitrogens with zero attached hydrogens (tertiary/aromatic N) is 1. The van der Waals surface area contributed by atoms with Crippen molar-refractivity contribution in [1.29, 1.82) is 5.26 Å². The second-order valence-corrected chi connectivity index (χ2v) is 6.68. The van der Waals surface area contributed by atoms with Gasteiger partial charge >= 0.3 is 17.8 Å². The minimum atomic E-state index is -5.19. The number of amides is 1. The van der Waals surface area contributed by atoms with E-state index < -0.39 is 23.7 Å². The topological polar surface area (TPSA) is 91.2 Å². The van der Waals surface area contributed by atoms with E-state index in [4.69, 9.17) is 0 Å². The Morgan fingerprint density at radius 2 is 1.92 bits per heavy atom. The van der Waals surface area contributed by atoms with Crippen LogP contribution in [0.3, 0.4) is 0 Å². The monoisotopic (exact) mass is 375 g/mol. The first kappa shape index (κ1) is 19.1. The van der Waals surface area contributed by atoms with Crippen LogP contribution in [0, 0.1) is 11.3 Å². The summed E-state index contributed by atoms with van der Waals surface area (Å²) in [6, 6.07) is 1.90. The first-order chi connectivity index (χ1) is 11.7. The van der Waals surface area contributed by atoms with E-state index in [0.29, 0.717) is 18.4 Å². The van der Waals surface area contributed by atoms with Crippen LogP contribution in [0.2, 0.25) is 0 Å². The maximum absolute atomic E-state index is 13.7. The van der Waals surface area contributed by atoms with Crippen molar-refractivity contribution in [3.63, 3.8) is 0 Å². The van der Waals surface area contributed by atoms with Gasteiger partial charge in [0.2, 0.25) is 5.91 Å². The van der Waals surface area contributed by atoms with E-state index in [1.807, 2.05) is 6.07 Å². The van der Waals surface area contributed by atoms with Gasteiger partial charge in [0, 0.05) is 11.8 Å². The number of alkyl halides is 3. The molecule has 25 heavy (non-hydrogen) atoms. The molecule has 136 valence electrons. The number of carbonyl (C=O) groups excluding carboxylic acids is 2. The molecule has 1 atom stereocenters. The second kappa shape index (κ2) is 6.92. The van der Waals surface area contributed by atoms with Gasteiger partial charge in [0.05, 0.1) is 12.7 Å². The summed E-state index contributed by atoms with van der Waals surface area (Å²) in [4.78, 5) is 24.1. The van der Waals surface area contributed by atoms with Gasteiger partial charge in [-0.05, 0) is 31.2 Å². The third-order valence-electron chi connectivity index (χ3n) is 3.86. The smallest absolute Gasteiger partial charge is 0.441 e. The molecule has 0 aromatic carbocycles. The number of aryl methyl sites for hydroxylation is 1. The number of halogens is 3. The fraction of sp³-hybridized carbons (Fsp3) is 0.533. The van der Waals surface area contributed by atoms with Crippen LogP contribution in [0.25, 0.3) is 0 Å². The van der Waals surface area contributed by atoms with E-state index in [-0.39, 0.29) is 10.6 Å². The first-order valence-electron chi connectivity index (χ1n) is 7.43. The predicted octanol–water partition coefficient (Wildman–Crippen LogP) is 2.48. The van der Waals surface area contributed by atoms with Crippen LogP contribution in [0.4, 0.5) is 18.2 Å². The van der Waals surface area contributed by atoms with Crippen LogP contribution in [0.1, 0.15) is 35.8 Å². The Morgan fingerprint density at radius 3 is 2.44 bits per heavy atom. The molecule has 0 aliphatic heterocycles. The Bertz CT molecular complexity index is 739. The summed E-state index contributed by atoms with van der Waals surface area (Å²) < 4.78 is 45.4. The lowest BCUT2D eigenvalue weighted by molar-refractivity contribution is -0.206. The van der Waals surface area contributed by atoms with Crippen LogP contribution in [-0.4, -0.2) is 30.8 Å². The largest absolute Gasteiger partial charge is 0.466 e. The molecule has 0 bridgehead atoms. The second-order valence-electron chi connectivity index (χ2n) is 5.57. The number of nitrogens with one attached hydrogen (secondary N) is 2. The highest BCUT2D eigenvalue weighted by Gasteiger charge is 2.63. The number of nitriles is 1. The minimum Gasteiger partial charge on any atom is -0.466 e. The summed E-state index contributed by atoms with van der Waals surface area (Å²) in [7, 11) is 0.789. The third kappa shape index (κ3) is 3.42. The van der Waals surface area contributed by atoms with Gasteiger partial charge in [-0.3, -0.25) is 4.79 Å². The number of esters is 1. The normalized spacial score (nSPS) is 16.2. The molecular weight excluding hydrogens is 359 g/mol. The molecule has 1 aromatic rings. The number of methoxy groups -OCH3 is 1. The fourth-order valence-electron chi connectivity index (χ4n) is 2.75. The Labute approximate surface area is 146 Å². The highest BCUT2D eigenvalue weighted by Crippen LogP contribution is 2.41. The van der Waals surface area contributed by atoms with Crippen molar-refractivity contribution < 1.29 is 27.5 Å². The van der Waals surface area contributed by atoms with Crippen molar-refractivity contribution in [3.05, 3.63) is 16.0 Å². The molecule has 2 N–H and O–H groups in total. The van der Waals surface area contributed by atoms with Crippen LogP contribution >= 0.6 is 11.3 Å². The molecule has 0 saturated heterocycles. The van der Waals surface area contributed by atoms with Crippen molar-refractivity contribution in [3.8, 4) is 6.07 Å². The Kier molecular flexibility index (Phi) is 5.27. The van der Waals surface area contributed by atoms with Gasteiger partial charge in [-0.25, -0.2) is 4.79 Å². The van der Waals surface area contributed by atoms with Crippen molar-refractivity contribution >= 4 is 28.2 Å².